The van der Waals surface area contributed by atoms with E-state index in [4.69, 9.17) is 16.6 Å². The number of amides is 4. The molecular weight excluding hydrogens is 474 g/mol. The number of nitrogens with zero attached hydrogens (tertiary/aromatic N) is 1. The van der Waals surface area contributed by atoms with Gasteiger partial charge in [-0.1, -0.05) is 0 Å². The number of carboxylic acid groups (broad SMARTS) is 2. The predicted octanol–water partition coefficient (Wildman–Crippen LogP) is -3.51. The minimum Gasteiger partial charge on any atom is -0.481 e. The van der Waals surface area contributed by atoms with Crippen molar-refractivity contribution in [3.63, 3.8) is 0 Å². The largest absolute Gasteiger partial charge is 0.481 e. The highest BCUT2D eigenvalue weighted by Crippen LogP contribution is 2.03. The Morgan fingerprint density at radius 2 is 1.59 bits per heavy atom. The molecule has 16 heteroatoms. The van der Waals surface area contributed by atoms with Crippen molar-refractivity contribution in [2.45, 2.75) is 49.9 Å². The number of H-pyrrole nitrogens is 1. The fourth-order valence-corrected chi connectivity index (χ4v) is 2.91. The van der Waals surface area contributed by atoms with Crippen LogP contribution >= 0.6 is 12.6 Å². The van der Waals surface area contributed by atoms with E-state index in [0.29, 0.717) is 5.69 Å². The topological polar surface area (TPSA) is 260 Å². The lowest BCUT2D eigenvalue weighted by atomic mass is 10.1. The smallest absolute Gasteiger partial charge is 0.326 e. The number of aromatic amines is 1. The SMILES string of the molecule is NC(=O)CC(NC(=O)C(CS)NC(=O)C(N)CCC(=O)O)C(=O)NC(Cc1cnc[nH]1)C(=O)O. The van der Waals surface area contributed by atoms with Crippen LogP contribution in [0, 0.1) is 0 Å². The first-order valence-corrected chi connectivity index (χ1v) is 10.6. The van der Waals surface area contributed by atoms with Crippen LogP contribution in [0.15, 0.2) is 12.5 Å². The number of aromatic nitrogens is 2. The molecule has 0 aliphatic rings. The van der Waals surface area contributed by atoms with E-state index in [0.717, 1.165) is 0 Å². The summed E-state index contributed by atoms with van der Waals surface area (Å²) in [6.07, 6.45) is 1.34. The Balaban J connectivity index is 2.85. The number of primary amides is 1. The van der Waals surface area contributed by atoms with Gasteiger partial charge >= 0.3 is 11.9 Å². The lowest BCUT2D eigenvalue weighted by molar-refractivity contribution is -0.142. The summed E-state index contributed by atoms with van der Waals surface area (Å²) in [6, 6.07) is -5.47. The van der Waals surface area contributed by atoms with E-state index in [1.807, 2.05) is 0 Å². The van der Waals surface area contributed by atoms with Gasteiger partial charge in [0, 0.05) is 30.5 Å². The maximum Gasteiger partial charge on any atom is 0.326 e. The molecule has 4 unspecified atom stereocenters. The molecule has 34 heavy (non-hydrogen) atoms. The number of hydrogen-bond donors (Lipinski definition) is 9. The van der Waals surface area contributed by atoms with Crippen LogP contribution < -0.4 is 27.4 Å². The van der Waals surface area contributed by atoms with Gasteiger partial charge < -0.3 is 42.6 Å². The molecule has 0 saturated heterocycles. The van der Waals surface area contributed by atoms with Crippen molar-refractivity contribution in [2.24, 2.45) is 11.5 Å². The summed E-state index contributed by atoms with van der Waals surface area (Å²) < 4.78 is 0. The van der Waals surface area contributed by atoms with Crippen LogP contribution in [0.3, 0.4) is 0 Å². The van der Waals surface area contributed by atoms with Gasteiger partial charge in [0.05, 0.1) is 18.8 Å². The molecule has 1 rings (SSSR count). The third-order valence-electron chi connectivity index (χ3n) is 4.45. The van der Waals surface area contributed by atoms with Gasteiger partial charge in [-0.2, -0.15) is 12.6 Å². The van der Waals surface area contributed by atoms with Gasteiger partial charge in [0.1, 0.15) is 18.1 Å². The number of carbonyl (C=O) groups is 6. The molecule has 0 aliphatic carbocycles. The quantitative estimate of drug-likeness (QED) is 0.107. The maximum absolute atomic E-state index is 12.6. The van der Waals surface area contributed by atoms with Gasteiger partial charge in [-0.25, -0.2) is 9.78 Å². The minimum absolute atomic E-state index is 0.151. The van der Waals surface area contributed by atoms with E-state index in [1.54, 1.807) is 0 Å². The second kappa shape index (κ2) is 13.8. The Morgan fingerprint density at radius 1 is 1.00 bits per heavy atom. The number of hydrogen-bond acceptors (Lipinski definition) is 9. The predicted molar refractivity (Wildman–Crippen MR) is 118 cm³/mol. The van der Waals surface area contributed by atoms with E-state index in [2.05, 4.69) is 38.5 Å². The Morgan fingerprint density at radius 3 is 2.09 bits per heavy atom. The zero-order chi connectivity index (χ0) is 25.8. The molecule has 0 radical (unpaired) electrons. The highest BCUT2D eigenvalue weighted by Gasteiger charge is 2.31. The molecule has 188 valence electrons. The number of carbonyl (C=O) groups excluding carboxylic acids is 4. The van der Waals surface area contributed by atoms with Crippen LogP contribution in [0.1, 0.15) is 25.0 Å². The lowest BCUT2D eigenvalue weighted by Gasteiger charge is -2.24. The van der Waals surface area contributed by atoms with Gasteiger partial charge in [-0.3, -0.25) is 24.0 Å². The molecule has 0 aromatic carbocycles. The summed E-state index contributed by atoms with van der Waals surface area (Å²) in [5.74, 6) is -6.45. The van der Waals surface area contributed by atoms with Crippen LogP contribution in [0.2, 0.25) is 0 Å². The van der Waals surface area contributed by atoms with Gasteiger partial charge in [-0.05, 0) is 6.42 Å². The van der Waals surface area contributed by atoms with Crippen LogP contribution in [0.5, 0.6) is 0 Å². The number of nitrogens with one attached hydrogen (secondary N) is 4. The first-order chi connectivity index (χ1) is 15.9. The molecule has 0 bridgehead atoms. The van der Waals surface area contributed by atoms with E-state index in [-0.39, 0.29) is 25.0 Å². The highest BCUT2D eigenvalue weighted by molar-refractivity contribution is 7.80. The third-order valence-corrected chi connectivity index (χ3v) is 4.82. The van der Waals surface area contributed by atoms with Gasteiger partial charge in [0.15, 0.2) is 0 Å². The standard InChI is InChI=1S/C18H27N7O8S/c19-9(1-2-14(27)28)15(29)25-12(6-34)17(31)23-10(4-13(20)26)16(30)24-11(18(32)33)3-8-5-21-7-22-8/h5,7,9-12,34H,1-4,6,19H2,(H2,20,26)(H,21,22)(H,23,31)(H,24,30)(H,25,29)(H,27,28)(H,32,33). The first-order valence-electron chi connectivity index (χ1n) is 9.92. The van der Waals surface area contributed by atoms with E-state index >= 15 is 0 Å². The molecule has 0 aliphatic heterocycles. The molecular formula is C18H27N7O8S. The van der Waals surface area contributed by atoms with Crippen molar-refractivity contribution in [3.8, 4) is 0 Å². The number of thiol groups is 1. The van der Waals surface area contributed by atoms with Crippen molar-refractivity contribution >= 4 is 48.2 Å². The molecule has 0 spiro atoms. The molecule has 10 N–H and O–H groups in total. The van der Waals surface area contributed by atoms with Crippen LogP contribution in [-0.4, -0.2) is 85.7 Å². The van der Waals surface area contributed by atoms with Crippen molar-refractivity contribution in [2.75, 3.05) is 5.75 Å². The molecule has 15 nitrogen and oxygen atoms in total. The van der Waals surface area contributed by atoms with Crippen LogP contribution in [0.4, 0.5) is 0 Å². The summed E-state index contributed by atoms with van der Waals surface area (Å²) in [7, 11) is 0. The number of carboxylic acids is 2. The van der Waals surface area contributed by atoms with E-state index in [9.17, 15) is 33.9 Å². The lowest BCUT2D eigenvalue weighted by Crippen LogP contribution is -2.58. The molecule has 0 saturated carbocycles. The average Bonchev–Trinajstić information content (AvgIpc) is 3.27. The van der Waals surface area contributed by atoms with Crippen LogP contribution in [-0.2, 0) is 35.2 Å². The molecule has 1 aromatic heterocycles. The van der Waals surface area contributed by atoms with Crippen molar-refractivity contribution < 1.29 is 39.0 Å². The first kappa shape index (κ1) is 28.4. The van der Waals surface area contributed by atoms with Crippen molar-refractivity contribution in [1.82, 2.24) is 25.9 Å². The summed E-state index contributed by atoms with van der Waals surface area (Å²) >= 11 is 3.97. The van der Waals surface area contributed by atoms with Gasteiger partial charge in [-0.15, -0.1) is 0 Å². The molecule has 4 atom stereocenters. The monoisotopic (exact) mass is 501 g/mol. The summed E-state index contributed by atoms with van der Waals surface area (Å²) in [5, 5.41) is 24.8. The highest BCUT2D eigenvalue weighted by atomic mass is 32.1. The number of aliphatic carboxylic acids is 2. The van der Waals surface area contributed by atoms with Gasteiger partial charge in [0.25, 0.3) is 0 Å². The zero-order valence-corrected chi connectivity index (χ0v) is 18.8. The molecule has 0 fully saturated rings. The second-order valence-corrected chi connectivity index (χ2v) is 7.56. The van der Waals surface area contributed by atoms with E-state index in [1.165, 1.54) is 12.5 Å². The Labute approximate surface area is 198 Å². The minimum atomic E-state index is -1.55. The van der Waals surface area contributed by atoms with Crippen molar-refractivity contribution in [1.29, 1.82) is 0 Å². The number of rotatable bonds is 15. The molecule has 1 aromatic rings. The number of imidazole rings is 1. The van der Waals surface area contributed by atoms with Gasteiger partial charge in [0.2, 0.25) is 23.6 Å². The fourth-order valence-electron chi connectivity index (χ4n) is 2.65. The zero-order valence-electron chi connectivity index (χ0n) is 17.9. The van der Waals surface area contributed by atoms with Crippen LogP contribution in [0.25, 0.3) is 0 Å². The Kier molecular flexibility index (Phi) is 11.5. The molecule has 1 heterocycles. The summed E-state index contributed by atoms with van der Waals surface area (Å²) in [4.78, 5) is 77.4. The average molecular weight is 502 g/mol. The third kappa shape index (κ3) is 9.86. The number of nitrogens with two attached hydrogens (primary N) is 2. The molecule has 4 amide bonds. The summed E-state index contributed by atoms with van der Waals surface area (Å²) in [5.41, 5.74) is 11.2. The summed E-state index contributed by atoms with van der Waals surface area (Å²) in [6.45, 7) is 0. The maximum atomic E-state index is 12.6. The van der Waals surface area contributed by atoms with Crippen molar-refractivity contribution in [3.05, 3.63) is 18.2 Å². The van der Waals surface area contributed by atoms with E-state index < -0.39 is 66.2 Å². The second-order valence-electron chi connectivity index (χ2n) is 7.19. The Hall–Kier alpha value is -3.66. The normalized spacial score (nSPS) is 14.2. The fraction of sp³-hybridized carbons (Fsp3) is 0.500. The Bertz CT molecular complexity index is 895.